The first kappa shape index (κ1) is 25.3. The monoisotopic (exact) mass is 512 g/mol. The van der Waals surface area contributed by atoms with Crippen molar-refractivity contribution in [3.8, 4) is 0 Å². The molecule has 0 atom stereocenters. The van der Waals surface area contributed by atoms with Crippen molar-refractivity contribution in [2.75, 3.05) is 19.5 Å². The summed E-state index contributed by atoms with van der Waals surface area (Å²) in [6, 6.07) is 36.1. The van der Waals surface area contributed by atoms with Crippen LogP contribution in [0.5, 0.6) is 0 Å². The van der Waals surface area contributed by atoms with Crippen molar-refractivity contribution in [3.63, 3.8) is 0 Å². The van der Waals surface area contributed by atoms with Gasteiger partial charge in [0, 0.05) is 0 Å². The minimum atomic E-state index is -1.77. The van der Waals surface area contributed by atoms with Crippen molar-refractivity contribution in [2.45, 2.75) is 0 Å². The Kier molecular flexibility index (Phi) is 11.9. The number of hydrogen-bond acceptors (Lipinski definition) is 0. The second kappa shape index (κ2) is 14.2. The molecule has 0 unspecified atom stereocenters. The summed E-state index contributed by atoms with van der Waals surface area (Å²) >= 11 is -1.77. The predicted octanol–water partition coefficient (Wildman–Crippen LogP) is 9.02. The van der Waals surface area contributed by atoms with Gasteiger partial charge in [-0.2, -0.15) is 17.5 Å². The van der Waals surface area contributed by atoms with E-state index < -0.39 is 12.3 Å². The molecule has 0 aliphatic heterocycles. The van der Waals surface area contributed by atoms with Crippen molar-refractivity contribution in [3.05, 3.63) is 120 Å². The van der Waals surface area contributed by atoms with E-state index in [9.17, 15) is 0 Å². The molecule has 0 bridgehead atoms. The molecule has 0 amide bonds. The van der Waals surface area contributed by atoms with Gasteiger partial charge in [-0.05, 0) is 19.5 Å². The minimum Gasteiger partial charge on any atom is -0.168 e. The molecule has 4 aromatic rings. The van der Waals surface area contributed by atoms with E-state index in [0.29, 0.717) is 0 Å². The first-order valence-electron chi connectivity index (χ1n) is 9.46. The van der Waals surface area contributed by atoms with Gasteiger partial charge in [0.1, 0.15) is 0 Å². The Morgan fingerprint density at radius 2 is 1.20 bits per heavy atom. The van der Waals surface area contributed by atoms with Gasteiger partial charge in [-0.15, -0.1) is 78.9 Å². The smallest absolute Gasteiger partial charge is 0.0809 e. The average molecular weight is 514 g/mol. The first-order valence-corrected chi connectivity index (χ1v) is 17.7. The maximum Gasteiger partial charge on any atom is -0.0809 e. The number of rotatable bonds is 4. The number of benzene rings is 3. The van der Waals surface area contributed by atoms with E-state index in [4.69, 9.17) is 29.5 Å². The van der Waals surface area contributed by atoms with Gasteiger partial charge in [0.05, 0.1) is 0 Å². The molecule has 0 heterocycles. The van der Waals surface area contributed by atoms with Crippen LogP contribution in [-0.2, 0) is 12.3 Å². The molecule has 0 aliphatic rings. The minimum absolute atomic E-state index is 0.0759. The van der Waals surface area contributed by atoms with Gasteiger partial charge in [0.25, 0.3) is 0 Å². The molecule has 0 radical (unpaired) electrons. The zero-order chi connectivity index (χ0) is 21.8. The standard InChI is InChI=1S/C16H18P.C9H7.3ClH.V/c1-17(2)13-16(14-9-5-3-6-10-14)15-11-7-4-8-12-15;1-2-5-9-7-3-6-8(9)4-1;;;;/h3-12H,13H2,1-2H3;1-7H;3*1H;/q2*-1;;;;+3/p-3. The van der Waals surface area contributed by atoms with Gasteiger partial charge in [0.15, 0.2) is 0 Å². The van der Waals surface area contributed by atoms with Crippen molar-refractivity contribution < 1.29 is 12.3 Å². The second-order valence-corrected chi connectivity index (χ2v) is 16.2. The van der Waals surface area contributed by atoms with E-state index in [0.717, 1.165) is 0 Å². The first-order chi connectivity index (χ1) is 14.5. The maximum absolute atomic E-state index is 4.95. The van der Waals surface area contributed by atoms with Crippen LogP contribution < -0.4 is 0 Å². The molecule has 30 heavy (non-hydrogen) atoms. The van der Waals surface area contributed by atoms with Gasteiger partial charge < -0.3 is 0 Å². The van der Waals surface area contributed by atoms with Crippen molar-refractivity contribution in [1.82, 2.24) is 0 Å². The predicted molar refractivity (Wildman–Crippen MR) is 135 cm³/mol. The third-order valence-electron chi connectivity index (χ3n) is 4.27. The van der Waals surface area contributed by atoms with Crippen LogP contribution in [0.4, 0.5) is 0 Å². The van der Waals surface area contributed by atoms with E-state index in [1.165, 1.54) is 34.0 Å². The van der Waals surface area contributed by atoms with E-state index in [-0.39, 0.29) is 7.92 Å². The molecule has 5 heteroatoms. The maximum atomic E-state index is 4.95. The summed E-state index contributed by atoms with van der Waals surface area (Å²) < 4.78 is 0. The SMILES string of the molecule is CP(C)C[C-](c1ccccc1)c1ccccc1.[Cl][V]([Cl])[Cl].c1ccc2[cH-]ccc2c1. The van der Waals surface area contributed by atoms with Crippen molar-refractivity contribution in [1.29, 1.82) is 0 Å². The molecule has 158 valence electrons. The average Bonchev–Trinajstić information content (AvgIpc) is 3.22. The van der Waals surface area contributed by atoms with E-state index in [2.05, 4.69) is 116 Å². The normalized spacial score (nSPS) is 10.2. The third kappa shape index (κ3) is 9.44. The zero-order valence-electron chi connectivity index (χ0n) is 17.1. The van der Waals surface area contributed by atoms with Crippen LogP contribution in [0.2, 0.25) is 0 Å². The van der Waals surface area contributed by atoms with Crippen LogP contribution in [-0.4, -0.2) is 19.5 Å². The van der Waals surface area contributed by atoms with Gasteiger partial charge in [-0.25, -0.2) is 0 Å². The topological polar surface area (TPSA) is 0 Å². The number of halogens is 3. The molecule has 4 aromatic carbocycles. The second-order valence-electron chi connectivity index (χ2n) is 6.79. The van der Waals surface area contributed by atoms with Gasteiger partial charge in [-0.1, -0.05) is 42.5 Å². The summed E-state index contributed by atoms with van der Waals surface area (Å²) in [5, 5.41) is 2.66. The van der Waals surface area contributed by atoms with Crippen molar-refractivity contribution in [2.24, 2.45) is 0 Å². The van der Waals surface area contributed by atoms with E-state index in [1.807, 2.05) is 0 Å². The largest absolute Gasteiger partial charge is 0.168 e. The van der Waals surface area contributed by atoms with E-state index >= 15 is 0 Å². The molecular formula is C25H25Cl3PV-2. The fourth-order valence-corrected chi connectivity index (χ4v) is 4.01. The fraction of sp³-hybridized carbons (Fsp3) is 0.120. The molecule has 4 rings (SSSR count). The Morgan fingerprint density at radius 1 is 0.733 bits per heavy atom. The molecule has 0 aliphatic carbocycles. The Labute approximate surface area is 199 Å². The van der Waals surface area contributed by atoms with Crippen molar-refractivity contribution >= 4 is 48.2 Å². The molecule has 0 saturated heterocycles. The third-order valence-corrected chi connectivity index (χ3v) is 5.22. The summed E-state index contributed by atoms with van der Waals surface area (Å²) in [7, 11) is 14.9. The zero-order valence-corrected chi connectivity index (χ0v) is 21.6. The van der Waals surface area contributed by atoms with Gasteiger partial charge in [-0.3, -0.25) is 0 Å². The Hall–Kier alpha value is -0.976. The summed E-state index contributed by atoms with van der Waals surface area (Å²) in [5.74, 6) is 1.47. The summed E-state index contributed by atoms with van der Waals surface area (Å²) in [5.41, 5.74) is 2.71. The molecule has 0 saturated carbocycles. The Bertz CT molecular complexity index is 883. The fourth-order valence-electron chi connectivity index (χ4n) is 3.01. The van der Waals surface area contributed by atoms with Crippen LogP contribution in [0.3, 0.4) is 0 Å². The van der Waals surface area contributed by atoms with Crippen LogP contribution in [0, 0.1) is 5.92 Å². The Morgan fingerprint density at radius 3 is 1.67 bits per heavy atom. The number of hydrogen-bond donors (Lipinski definition) is 0. The van der Waals surface area contributed by atoms with E-state index in [1.54, 1.807) is 0 Å². The van der Waals surface area contributed by atoms with Crippen LogP contribution in [0.25, 0.3) is 10.8 Å². The quantitative estimate of drug-likeness (QED) is 0.189. The van der Waals surface area contributed by atoms with Crippen LogP contribution in [0.15, 0.2) is 103 Å². The van der Waals surface area contributed by atoms with Crippen LogP contribution in [0.1, 0.15) is 11.1 Å². The van der Waals surface area contributed by atoms with Gasteiger partial charge >= 0.3 is 41.8 Å². The van der Waals surface area contributed by atoms with Crippen LogP contribution >= 0.6 is 37.5 Å². The summed E-state index contributed by atoms with van der Waals surface area (Å²) in [6.07, 6.45) is 1.18. The molecule has 0 spiro atoms. The Balaban J connectivity index is 0.000000204. The number of fused-ring (bicyclic) bond motifs is 1. The molecule has 0 nitrogen and oxygen atoms in total. The molecule has 0 N–H and O–H groups in total. The molecule has 0 fully saturated rings. The van der Waals surface area contributed by atoms with Gasteiger partial charge in [0.2, 0.25) is 0 Å². The molecule has 0 aromatic heterocycles. The molecular weight excluding hydrogens is 489 g/mol. The summed E-state index contributed by atoms with van der Waals surface area (Å²) in [6.45, 7) is 4.67. The summed E-state index contributed by atoms with van der Waals surface area (Å²) in [4.78, 5) is 0.